The molecule has 0 bridgehead atoms. The summed E-state index contributed by atoms with van der Waals surface area (Å²) in [6, 6.07) is 9.75. The fourth-order valence-corrected chi connectivity index (χ4v) is 2.83. The molecule has 1 heterocycles. The number of fused-ring (bicyclic) bond motifs is 1. The Labute approximate surface area is 161 Å². The first-order chi connectivity index (χ1) is 13.3. The molecule has 2 aromatic rings. The quantitative estimate of drug-likeness (QED) is 0.608. The SMILES string of the molecule is CC(C)CCOC(=O)c1ccc(N2C(=O)c3ccc(C(=O)O)cc3C2=O)cc1. The number of carbonyl (C=O) groups excluding carboxylic acids is 3. The Morgan fingerprint density at radius 2 is 1.57 bits per heavy atom. The normalized spacial score (nSPS) is 13.0. The zero-order valence-electron chi connectivity index (χ0n) is 15.5. The molecule has 7 heteroatoms. The second-order valence-corrected chi connectivity index (χ2v) is 6.88. The van der Waals surface area contributed by atoms with E-state index in [2.05, 4.69) is 0 Å². The maximum absolute atomic E-state index is 12.6. The van der Waals surface area contributed by atoms with Crippen molar-refractivity contribution < 1.29 is 29.0 Å². The molecule has 0 saturated heterocycles. The van der Waals surface area contributed by atoms with Gasteiger partial charge < -0.3 is 9.84 Å². The number of anilines is 1. The highest BCUT2D eigenvalue weighted by Crippen LogP contribution is 2.29. The summed E-state index contributed by atoms with van der Waals surface area (Å²) in [6.45, 7) is 4.39. The highest BCUT2D eigenvalue weighted by molar-refractivity contribution is 6.34. The molecule has 0 spiro atoms. The Morgan fingerprint density at radius 1 is 0.964 bits per heavy atom. The van der Waals surface area contributed by atoms with Gasteiger partial charge in [0.25, 0.3) is 11.8 Å². The minimum absolute atomic E-state index is 0.0436. The fraction of sp³-hybridized carbons (Fsp3) is 0.238. The molecule has 2 amide bonds. The fourth-order valence-electron chi connectivity index (χ4n) is 2.83. The highest BCUT2D eigenvalue weighted by Gasteiger charge is 2.37. The van der Waals surface area contributed by atoms with Crippen LogP contribution in [-0.2, 0) is 4.74 Å². The minimum Gasteiger partial charge on any atom is -0.478 e. The van der Waals surface area contributed by atoms with Crippen molar-refractivity contribution in [3.05, 3.63) is 64.7 Å². The number of hydrogen-bond acceptors (Lipinski definition) is 5. The van der Waals surface area contributed by atoms with Crippen LogP contribution in [0.1, 0.15) is 61.7 Å². The van der Waals surface area contributed by atoms with Crippen LogP contribution in [0.3, 0.4) is 0 Å². The molecule has 1 N–H and O–H groups in total. The van der Waals surface area contributed by atoms with Crippen molar-refractivity contribution in [2.45, 2.75) is 20.3 Å². The third-order valence-corrected chi connectivity index (χ3v) is 4.42. The van der Waals surface area contributed by atoms with Crippen LogP contribution < -0.4 is 4.90 Å². The number of carboxylic acids is 1. The lowest BCUT2D eigenvalue weighted by molar-refractivity contribution is 0.0487. The van der Waals surface area contributed by atoms with Crippen LogP contribution in [0, 0.1) is 5.92 Å². The average molecular weight is 381 g/mol. The Hall–Kier alpha value is -3.48. The van der Waals surface area contributed by atoms with E-state index in [0.29, 0.717) is 23.8 Å². The number of rotatable bonds is 6. The zero-order valence-corrected chi connectivity index (χ0v) is 15.5. The molecular weight excluding hydrogens is 362 g/mol. The molecule has 2 aromatic carbocycles. The Morgan fingerprint density at radius 3 is 2.18 bits per heavy atom. The topological polar surface area (TPSA) is 101 Å². The van der Waals surface area contributed by atoms with Crippen LogP contribution in [0.25, 0.3) is 0 Å². The zero-order chi connectivity index (χ0) is 20.4. The van der Waals surface area contributed by atoms with Crippen molar-refractivity contribution in [2.24, 2.45) is 5.92 Å². The van der Waals surface area contributed by atoms with E-state index in [1.165, 1.54) is 42.5 Å². The third kappa shape index (κ3) is 3.64. The van der Waals surface area contributed by atoms with Crippen LogP contribution in [0.4, 0.5) is 5.69 Å². The number of nitrogens with zero attached hydrogens (tertiary/aromatic N) is 1. The molecule has 0 saturated carbocycles. The first-order valence-electron chi connectivity index (χ1n) is 8.83. The van der Waals surface area contributed by atoms with Gasteiger partial charge in [-0.05, 0) is 54.8 Å². The molecule has 144 valence electrons. The molecule has 1 aliphatic heterocycles. The molecule has 7 nitrogen and oxygen atoms in total. The number of imide groups is 1. The first-order valence-corrected chi connectivity index (χ1v) is 8.83. The van der Waals surface area contributed by atoms with Gasteiger partial charge in [0.1, 0.15) is 0 Å². The van der Waals surface area contributed by atoms with Gasteiger partial charge in [-0.3, -0.25) is 9.59 Å². The second-order valence-electron chi connectivity index (χ2n) is 6.88. The van der Waals surface area contributed by atoms with Crippen LogP contribution >= 0.6 is 0 Å². The second kappa shape index (κ2) is 7.64. The molecule has 28 heavy (non-hydrogen) atoms. The van der Waals surface area contributed by atoms with Crippen LogP contribution in [0.15, 0.2) is 42.5 Å². The molecular formula is C21H19NO6. The maximum Gasteiger partial charge on any atom is 0.338 e. The molecule has 0 aliphatic carbocycles. The smallest absolute Gasteiger partial charge is 0.338 e. The van der Waals surface area contributed by atoms with Gasteiger partial charge in [0, 0.05) is 0 Å². The number of carboxylic acid groups (broad SMARTS) is 1. The predicted molar refractivity (Wildman–Crippen MR) is 101 cm³/mol. The van der Waals surface area contributed by atoms with Gasteiger partial charge >= 0.3 is 11.9 Å². The number of amides is 2. The van der Waals surface area contributed by atoms with E-state index in [-0.39, 0.29) is 16.7 Å². The molecule has 0 radical (unpaired) electrons. The molecule has 0 atom stereocenters. The summed E-state index contributed by atoms with van der Waals surface area (Å²) in [7, 11) is 0. The van der Waals surface area contributed by atoms with E-state index < -0.39 is 23.8 Å². The number of hydrogen-bond donors (Lipinski definition) is 1. The van der Waals surface area contributed by atoms with Gasteiger partial charge in [-0.25, -0.2) is 14.5 Å². The van der Waals surface area contributed by atoms with Crippen LogP contribution in [-0.4, -0.2) is 35.5 Å². The number of aromatic carboxylic acids is 1. The number of ether oxygens (including phenoxy) is 1. The highest BCUT2D eigenvalue weighted by atomic mass is 16.5. The Bertz CT molecular complexity index is 961. The van der Waals surface area contributed by atoms with E-state index in [0.717, 1.165) is 11.3 Å². The minimum atomic E-state index is -1.18. The first kappa shape index (κ1) is 19.3. The monoisotopic (exact) mass is 381 g/mol. The summed E-state index contributed by atoms with van der Waals surface area (Å²) in [6.07, 6.45) is 0.761. The summed E-state index contributed by atoms with van der Waals surface area (Å²) in [5.74, 6) is -2.37. The van der Waals surface area contributed by atoms with Gasteiger partial charge in [0.05, 0.1) is 34.5 Å². The summed E-state index contributed by atoms with van der Waals surface area (Å²) in [4.78, 5) is 49.3. The molecule has 0 fully saturated rings. The van der Waals surface area contributed by atoms with Crippen molar-refractivity contribution >= 4 is 29.4 Å². The van der Waals surface area contributed by atoms with Gasteiger partial charge in [-0.1, -0.05) is 13.8 Å². The molecule has 3 rings (SSSR count). The summed E-state index contributed by atoms with van der Waals surface area (Å²) >= 11 is 0. The van der Waals surface area contributed by atoms with E-state index in [1.54, 1.807) is 0 Å². The molecule has 1 aliphatic rings. The standard InChI is InChI=1S/C21H19NO6/c1-12(2)9-10-28-21(27)13-3-6-15(7-4-13)22-18(23)16-8-5-14(20(25)26)11-17(16)19(22)24/h3-8,11-12H,9-10H2,1-2H3,(H,25,26). The lowest BCUT2D eigenvalue weighted by Crippen LogP contribution is -2.29. The largest absolute Gasteiger partial charge is 0.478 e. The number of esters is 1. The number of carbonyl (C=O) groups is 4. The van der Waals surface area contributed by atoms with E-state index in [1.807, 2.05) is 13.8 Å². The van der Waals surface area contributed by atoms with Crippen LogP contribution in [0.5, 0.6) is 0 Å². The van der Waals surface area contributed by atoms with E-state index in [4.69, 9.17) is 9.84 Å². The maximum atomic E-state index is 12.6. The van der Waals surface area contributed by atoms with Crippen molar-refractivity contribution in [2.75, 3.05) is 11.5 Å². The van der Waals surface area contributed by atoms with Crippen molar-refractivity contribution in [1.82, 2.24) is 0 Å². The van der Waals surface area contributed by atoms with Crippen LogP contribution in [0.2, 0.25) is 0 Å². The molecule has 0 aromatic heterocycles. The lowest BCUT2D eigenvalue weighted by Gasteiger charge is -2.14. The summed E-state index contributed by atoms with van der Waals surface area (Å²) in [5.41, 5.74) is 0.731. The summed E-state index contributed by atoms with van der Waals surface area (Å²) < 4.78 is 5.19. The van der Waals surface area contributed by atoms with Crippen molar-refractivity contribution in [3.8, 4) is 0 Å². The van der Waals surface area contributed by atoms with Gasteiger partial charge in [0.15, 0.2) is 0 Å². The Kier molecular flexibility index (Phi) is 5.26. The number of benzene rings is 2. The predicted octanol–water partition coefficient (Wildman–Crippen LogP) is 3.39. The molecule has 0 unspecified atom stereocenters. The van der Waals surface area contributed by atoms with E-state index >= 15 is 0 Å². The lowest BCUT2D eigenvalue weighted by atomic mass is 10.1. The van der Waals surface area contributed by atoms with Gasteiger partial charge in [-0.2, -0.15) is 0 Å². The van der Waals surface area contributed by atoms with E-state index in [9.17, 15) is 19.2 Å². The van der Waals surface area contributed by atoms with Crippen molar-refractivity contribution in [3.63, 3.8) is 0 Å². The third-order valence-electron chi connectivity index (χ3n) is 4.42. The van der Waals surface area contributed by atoms with Gasteiger partial charge in [-0.15, -0.1) is 0 Å². The van der Waals surface area contributed by atoms with Gasteiger partial charge in [0.2, 0.25) is 0 Å². The Balaban J connectivity index is 1.79. The summed E-state index contributed by atoms with van der Waals surface area (Å²) in [5, 5.41) is 9.07. The average Bonchev–Trinajstić information content (AvgIpc) is 2.91. The van der Waals surface area contributed by atoms with Crippen molar-refractivity contribution in [1.29, 1.82) is 0 Å².